The molecule has 2 fully saturated rings. The first kappa shape index (κ1) is 17.4. The SMILES string of the molecule is CNC(=O)[C@@H]1C[C@H]2CN(Cc3cccc(C)c3)C[C@H]2N1S(C)(=O)=O. The number of likely N-dealkylation sites (tertiary alicyclic amines) is 1. The summed E-state index contributed by atoms with van der Waals surface area (Å²) in [6, 6.07) is 7.71. The summed E-state index contributed by atoms with van der Waals surface area (Å²) in [5.74, 6) is 0.00638. The van der Waals surface area contributed by atoms with E-state index in [1.165, 1.54) is 21.7 Å². The van der Waals surface area contributed by atoms with Crippen LogP contribution in [0.5, 0.6) is 0 Å². The highest BCUT2D eigenvalue weighted by Gasteiger charge is 2.52. The molecular formula is C17H25N3O3S. The van der Waals surface area contributed by atoms with Crippen LogP contribution in [0.3, 0.4) is 0 Å². The molecule has 0 unspecified atom stereocenters. The van der Waals surface area contributed by atoms with Crippen molar-refractivity contribution in [3.63, 3.8) is 0 Å². The van der Waals surface area contributed by atoms with E-state index in [4.69, 9.17) is 0 Å². The van der Waals surface area contributed by atoms with Crippen LogP contribution in [0.4, 0.5) is 0 Å². The number of hydrogen-bond donors (Lipinski definition) is 1. The minimum Gasteiger partial charge on any atom is -0.358 e. The van der Waals surface area contributed by atoms with Crippen LogP contribution in [-0.4, -0.2) is 62.0 Å². The minimum atomic E-state index is -3.42. The predicted octanol–water partition coefficient (Wildman–Crippen LogP) is 0.575. The Bertz CT molecular complexity index is 734. The molecule has 7 heteroatoms. The maximum Gasteiger partial charge on any atom is 0.238 e. The maximum absolute atomic E-state index is 12.2. The summed E-state index contributed by atoms with van der Waals surface area (Å²) in [6.45, 7) is 4.40. The summed E-state index contributed by atoms with van der Waals surface area (Å²) in [5.41, 5.74) is 2.47. The minimum absolute atomic E-state index is 0.105. The molecule has 1 amide bonds. The van der Waals surface area contributed by atoms with Crippen molar-refractivity contribution in [1.82, 2.24) is 14.5 Å². The molecule has 0 radical (unpaired) electrons. The van der Waals surface area contributed by atoms with Crippen molar-refractivity contribution < 1.29 is 13.2 Å². The smallest absolute Gasteiger partial charge is 0.238 e. The van der Waals surface area contributed by atoms with E-state index < -0.39 is 16.1 Å². The van der Waals surface area contributed by atoms with Gasteiger partial charge in [-0.3, -0.25) is 9.69 Å². The number of amides is 1. The summed E-state index contributed by atoms with van der Waals surface area (Å²) >= 11 is 0. The second-order valence-corrected chi connectivity index (χ2v) is 8.86. The molecule has 2 heterocycles. The standard InChI is InChI=1S/C17H25N3O3S/c1-12-5-4-6-13(7-12)9-19-10-14-8-15(17(21)18-2)20(16(14)11-19)24(3,22)23/h4-7,14-16H,8-11H2,1-3H3,(H,18,21)/t14-,15-,16+/m0/s1. The lowest BCUT2D eigenvalue weighted by Crippen LogP contribution is -2.49. The Morgan fingerprint density at radius 2 is 2.08 bits per heavy atom. The number of fused-ring (bicyclic) bond motifs is 1. The van der Waals surface area contributed by atoms with Crippen LogP contribution < -0.4 is 5.32 Å². The predicted molar refractivity (Wildman–Crippen MR) is 92.9 cm³/mol. The number of rotatable bonds is 4. The van der Waals surface area contributed by atoms with Gasteiger partial charge in [0.25, 0.3) is 0 Å². The van der Waals surface area contributed by atoms with Crippen LogP contribution in [0.1, 0.15) is 17.5 Å². The van der Waals surface area contributed by atoms with E-state index in [1.54, 1.807) is 7.05 Å². The Balaban J connectivity index is 1.76. The fraction of sp³-hybridized carbons (Fsp3) is 0.588. The van der Waals surface area contributed by atoms with Crippen molar-refractivity contribution in [2.75, 3.05) is 26.4 Å². The zero-order chi connectivity index (χ0) is 17.5. The van der Waals surface area contributed by atoms with Gasteiger partial charge in [-0.05, 0) is 24.8 Å². The van der Waals surface area contributed by atoms with Gasteiger partial charge in [-0.15, -0.1) is 0 Å². The molecule has 0 spiro atoms. The molecule has 0 aromatic heterocycles. The van der Waals surface area contributed by atoms with Gasteiger partial charge in [0.1, 0.15) is 6.04 Å². The first-order valence-electron chi connectivity index (χ1n) is 8.27. The van der Waals surface area contributed by atoms with E-state index in [1.807, 2.05) is 6.07 Å². The van der Waals surface area contributed by atoms with Crippen molar-refractivity contribution in [1.29, 1.82) is 0 Å². The molecule has 3 atom stereocenters. The second kappa shape index (κ2) is 6.46. The Hall–Kier alpha value is -1.44. The number of sulfonamides is 1. The van der Waals surface area contributed by atoms with Crippen molar-refractivity contribution in [3.05, 3.63) is 35.4 Å². The zero-order valence-corrected chi connectivity index (χ0v) is 15.2. The molecule has 1 N–H and O–H groups in total. The van der Waals surface area contributed by atoms with E-state index >= 15 is 0 Å². The molecule has 6 nitrogen and oxygen atoms in total. The first-order chi connectivity index (χ1) is 11.3. The van der Waals surface area contributed by atoms with Crippen molar-refractivity contribution in [2.45, 2.75) is 32.0 Å². The van der Waals surface area contributed by atoms with Crippen molar-refractivity contribution in [3.8, 4) is 0 Å². The van der Waals surface area contributed by atoms with E-state index in [0.29, 0.717) is 13.0 Å². The highest BCUT2D eigenvalue weighted by atomic mass is 32.2. The Morgan fingerprint density at radius 3 is 2.71 bits per heavy atom. The summed E-state index contributed by atoms with van der Waals surface area (Å²) in [7, 11) is -1.86. The Kier molecular flexibility index (Phi) is 4.68. The van der Waals surface area contributed by atoms with Crippen LogP contribution in [0.25, 0.3) is 0 Å². The van der Waals surface area contributed by atoms with Crippen LogP contribution in [0.15, 0.2) is 24.3 Å². The lowest BCUT2D eigenvalue weighted by atomic mass is 10.0. The lowest BCUT2D eigenvalue weighted by Gasteiger charge is -2.27. The molecule has 132 valence electrons. The Labute approximate surface area is 143 Å². The number of carbonyl (C=O) groups excluding carboxylic acids is 1. The monoisotopic (exact) mass is 351 g/mol. The highest BCUT2D eigenvalue weighted by Crippen LogP contribution is 2.38. The largest absolute Gasteiger partial charge is 0.358 e. The average Bonchev–Trinajstić information content (AvgIpc) is 3.02. The highest BCUT2D eigenvalue weighted by molar-refractivity contribution is 7.88. The number of carbonyl (C=O) groups is 1. The van der Waals surface area contributed by atoms with Crippen LogP contribution in [0, 0.1) is 12.8 Å². The number of benzene rings is 1. The van der Waals surface area contributed by atoms with Gasteiger partial charge in [-0.2, -0.15) is 4.31 Å². The van der Waals surface area contributed by atoms with Crippen LogP contribution >= 0.6 is 0 Å². The number of aryl methyl sites for hydroxylation is 1. The molecule has 24 heavy (non-hydrogen) atoms. The molecule has 1 aromatic rings. The fourth-order valence-corrected chi connectivity index (χ4v) is 5.52. The number of hydrogen-bond acceptors (Lipinski definition) is 4. The van der Waals surface area contributed by atoms with Gasteiger partial charge in [0.2, 0.25) is 15.9 Å². The molecule has 0 bridgehead atoms. The number of nitrogens with one attached hydrogen (secondary N) is 1. The van der Waals surface area contributed by atoms with E-state index in [9.17, 15) is 13.2 Å². The molecule has 2 saturated heterocycles. The molecule has 2 aliphatic heterocycles. The molecule has 0 saturated carbocycles. The van der Waals surface area contributed by atoms with Gasteiger partial charge in [0.15, 0.2) is 0 Å². The number of likely N-dealkylation sites (N-methyl/N-ethyl adjacent to an activating group) is 1. The topological polar surface area (TPSA) is 69.7 Å². The molecule has 2 aliphatic rings. The van der Waals surface area contributed by atoms with E-state index in [2.05, 4.69) is 35.3 Å². The Morgan fingerprint density at radius 1 is 1.33 bits per heavy atom. The van der Waals surface area contributed by atoms with Gasteiger partial charge < -0.3 is 5.32 Å². The van der Waals surface area contributed by atoms with E-state index in [-0.39, 0.29) is 17.9 Å². The third kappa shape index (κ3) is 3.34. The molecular weight excluding hydrogens is 326 g/mol. The summed E-state index contributed by atoms with van der Waals surface area (Å²) in [6.07, 6.45) is 1.80. The molecule has 1 aromatic carbocycles. The molecule has 3 rings (SSSR count). The summed E-state index contributed by atoms with van der Waals surface area (Å²) < 4.78 is 25.9. The van der Waals surface area contributed by atoms with Gasteiger partial charge in [-0.1, -0.05) is 29.8 Å². The first-order valence-corrected chi connectivity index (χ1v) is 10.1. The zero-order valence-electron chi connectivity index (χ0n) is 14.4. The van der Waals surface area contributed by atoms with Gasteiger partial charge in [0.05, 0.1) is 6.26 Å². The maximum atomic E-state index is 12.2. The quantitative estimate of drug-likeness (QED) is 0.861. The molecule has 0 aliphatic carbocycles. The van der Waals surface area contributed by atoms with E-state index in [0.717, 1.165) is 13.1 Å². The normalized spacial score (nSPS) is 28.0. The summed E-state index contributed by atoms with van der Waals surface area (Å²) in [4.78, 5) is 14.4. The number of nitrogens with zero attached hydrogens (tertiary/aromatic N) is 2. The third-order valence-corrected chi connectivity index (χ3v) is 6.35. The lowest BCUT2D eigenvalue weighted by molar-refractivity contribution is -0.124. The fourth-order valence-electron chi connectivity index (χ4n) is 4.15. The summed E-state index contributed by atoms with van der Waals surface area (Å²) in [5, 5.41) is 2.60. The van der Waals surface area contributed by atoms with Crippen molar-refractivity contribution in [2.24, 2.45) is 5.92 Å². The van der Waals surface area contributed by atoms with Gasteiger partial charge in [0, 0.05) is 32.7 Å². The van der Waals surface area contributed by atoms with Gasteiger partial charge >= 0.3 is 0 Å². The second-order valence-electron chi connectivity index (χ2n) is 6.97. The van der Waals surface area contributed by atoms with Crippen molar-refractivity contribution >= 4 is 15.9 Å². The van der Waals surface area contributed by atoms with Crippen LogP contribution in [-0.2, 0) is 21.4 Å². The third-order valence-electron chi connectivity index (χ3n) is 5.06. The van der Waals surface area contributed by atoms with Crippen LogP contribution in [0.2, 0.25) is 0 Å². The average molecular weight is 351 g/mol. The van der Waals surface area contributed by atoms with Gasteiger partial charge in [-0.25, -0.2) is 8.42 Å².